The van der Waals surface area contributed by atoms with Gasteiger partial charge in [0.15, 0.2) is 6.10 Å². The fourth-order valence-electron chi connectivity index (χ4n) is 7.76. The van der Waals surface area contributed by atoms with Crippen LogP contribution in [0.3, 0.4) is 0 Å². The monoisotopic (exact) mass is 921 g/mol. The van der Waals surface area contributed by atoms with Crippen LogP contribution in [0.2, 0.25) is 0 Å². The zero-order chi connectivity index (χ0) is 47.9. The molecule has 6 nitrogen and oxygen atoms in total. The highest BCUT2D eigenvalue weighted by molar-refractivity contribution is 5.71. The van der Waals surface area contributed by atoms with Gasteiger partial charge in [0.1, 0.15) is 13.2 Å². The molecule has 0 spiro atoms. The van der Waals surface area contributed by atoms with Crippen molar-refractivity contribution < 1.29 is 28.6 Å². The topological polar surface area (TPSA) is 78.9 Å². The molecular weight excluding hydrogens is 817 g/mol. The van der Waals surface area contributed by atoms with Crippen molar-refractivity contribution >= 4 is 17.9 Å². The molecule has 66 heavy (non-hydrogen) atoms. The lowest BCUT2D eigenvalue weighted by Gasteiger charge is -2.18. The van der Waals surface area contributed by atoms with Crippen molar-refractivity contribution in [2.24, 2.45) is 0 Å². The Morgan fingerprint density at radius 3 is 0.955 bits per heavy atom. The molecule has 0 saturated heterocycles. The molecule has 0 rings (SSSR count). The van der Waals surface area contributed by atoms with Crippen LogP contribution in [0.4, 0.5) is 0 Å². The van der Waals surface area contributed by atoms with Crippen LogP contribution < -0.4 is 0 Å². The minimum atomic E-state index is -0.791. The van der Waals surface area contributed by atoms with E-state index >= 15 is 0 Å². The maximum Gasteiger partial charge on any atom is 0.306 e. The molecular formula is C60H104O6. The molecule has 380 valence electrons. The molecule has 0 aliphatic carbocycles. The first-order chi connectivity index (χ1) is 32.5. The number of esters is 3. The van der Waals surface area contributed by atoms with E-state index in [0.717, 1.165) is 109 Å². The number of ether oxygens (including phenoxy) is 3. The van der Waals surface area contributed by atoms with E-state index in [4.69, 9.17) is 14.2 Å². The molecule has 0 heterocycles. The molecule has 0 aromatic carbocycles. The molecule has 0 radical (unpaired) electrons. The number of hydrogen-bond donors (Lipinski definition) is 0. The van der Waals surface area contributed by atoms with Gasteiger partial charge in [-0.25, -0.2) is 0 Å². The van der Waals surface area contributed by atoms with Gasteiger partial charge in [0.05, 0.1) is 0 Å². The molecule has 0 amide bonds. The van der Waals surface area contributed by atoms with E-state index in [1.165, 1.54) is 122 Å². The van der Waals surface area contributed by atoms with Crippen LogP contribution >= 0.6 is 0 Å². The number of carbonyl (C=O) groups is 3. The lowest BCUT2D eigenvalue weighted by atomic mass is 10.0. The summed E-state index contributed by atoms with van der Waals surface area (Å²) in [6.45, 7) is 6.50. The van der Waals surface area contributed by atoms with Crippen molar-refractivity contribution in [3.05, 3.63) is 72.9 Å². The zero-order valence-electron chi connectivity index (χ0n) is 43.4. The third-order valence-electron chi connectivity index (χ3n) is 11.9. The van der Waals surface area contributed by atoms with Gasteiger partial charge in [0.25, 0.3) is 0 Å². The van der Waals surface area contributed by atoms with Crippen molar-refractivity contribution in [1.29, 1.82) is 0 Å². The lowest BCUT2D eigenvalue weighted by molar-refractivity contribution is -0.167. The fraction of sp³-hybridized carbons (Fsp3) is 0.750. The van der Waals surface area contributed by atoms with Gasteiger partial charge in [0, 0.05) is 19.3 Å². The summed E-state index contributed by atoms with van der Waals surface area (Å²) >= 11 is 0. The highest BCUT2D eigenvalue weighted by Gasteiger charge is 2.19. The Hall–Kier alpha value is -3.15. The summed E-state index contributed by atoms with van der Waals surface area (Å²) in [5.74, 6) is -0.922. The van der Waals surface area contributed by atoms with E-state index in [2.05, 4.69) is 93.7 Å². The van der Waals surface area contributed by atoms with Crippen molar-refractivity contribution in [1.82, 2.24) is 0 Å². The van der Waals surface area contributed by atoms with Gasteiger partial charge in [-0.15, -0.1) is 0 Å². The van der Waals surface area contributed by atoms with Crippen LogP contribution in [0.25, 0.3) is 0 Å². The number of carbonyl (C=O) groups excluding carboxylic acids is 3. The Kier molecular flexibility index (Phi) is 51.9. The highest BCUT2D eigenvalue weighted by Crippen LogP contribution is 2.15. The van der Waals surface area contributed by atoms with E-state index in [9.17, 15) is 14.4 Å². The van der Waals surface area contributed by atoms with Crippen molar-refractivity contribution in [2.75, 3.05) is 13.2 Å². The van der Waals surface area contributed by atoms with Crippen molar-refractivity contribution in [3.63, 3.8) is 0 Å². The average molecular weight is 921 g/mol. The molecule has 0 aromatic heterocycles. The van der Waals surface area contributed by atoms with E-state index in [1.807, 2.05) is 0 Å². The third-order valence-corrected chi connectivity index (χ3v) is 11.9. The van der Waals surface area contributed by atoms with E-state index in [0.29, 0.717) is 19.3 Å². The Morgan fingerprint density at radius 2 is 0.591 bits per heavy atom. The first kappa shape index (κ1) is 62.8. The minimum Gasteiger partial charge on any atom is -0.462 e. The number of hydrogen-bond acceptors (Lipinski definition) is 6. The second kappa shape index (κ2) is 54.5. The molecule has 6 heteroatoms. The average Bonchev–Trinajstić information content (AvgIpc) is 3.31. The van der Waals surface area contributed by atoms with Gasteiger partial charge in [-0.05, 0) is 89.9 Å². The minimum absolute atomic E-state index is 0.0873. The van der Waals surface area contributed by atoms with Gasteiger partial charge in [-0.1, -0.05) is 235 Å². The summed E-state index contributed by atoms with van der Waals surface area (Å²) in [4.78, 5) is 38.1. The van der Waals surface area contributed by atoms with Crippen LogP contribution in [0.1, 0.15) is 271 Å². The normalized spacial score (nSPS) is 12.6. The molecule has 0 fully saturated rings. The van der Waals surface area contributed by atoms with Crippen LogP contribution in [0.5, 0.6) is 0 Å². The smallest absolute Gasteiger partial charge is 0.306 e. The Balaban J connectivity index is 4.44. The third kappa shape index (κ3) is 51.8. The van der Waals surface area contributed by atoms with Gasteiger partial charge in [-0.3, -0.25) is 14.4 Å². The lowest BCUT2D eigenvalue weighted by Crippen LogP contribution is -2.30. The first-order valence-electron chi connectivity index (χ1n) is 27.9. The molecule has 0 aliphatic heterocycles. The second-order valence-electron chi connectivity index (χ2n) is 18.5. The Labute approximate surface area is 408 Å². The van der Waals surface area contributed by atoms with Gasteiger partial charge in [-0.2, -0.15) is 0 Å². The summed E-state index contributed by atoms with van der Waals surface area (Å²) in [7, 11) is 0. The molecule has 0 aromatic rings. The summed E-state index contributed by atoms with van der Waals surface area (Å²) in [5.41, 5.74) is 0. The maximum absolute atomic E-state index is 12.8. The van der Waals surface area contributed by atoms with Crippen molar-refractivity contribution in [2.45, 2.75) is 277 Å². The van der Waals surface area contributed by atoms with E-state index in [-0.39, 0.29) is 31.1 Å². The van der Waals surface area contributed by atoms with Gasteiger partial charge < -0.3 is 14.2 Å². The predicted molar refractivity (Wildman–Crippen MR) is 284 cm³/mol. The van der Waals surface area contributed by atoms with Gasteiger partial charge >= 0.3 is 17.9 Å². The van der Waals surface area contributed by atoms with Crippen LogP contribution in [0, 0.1) is 0 Å². The number of rotatable bonds is 50. The summed E-state index contributed by atoms with van der Waals surface area (Å²) in [6.07, 6.45) is 68.8. The molecule has 1 atom stereocenters. The first-order valence-corrected chi connectivity index (χ1v) is 27.9. The van der Waals surface area contributed by atoms with Gasteiger partial charge in [0.2, 0.25) is 0 Å². The Bertz CT molecular complexity index is 1240. The number of unbranched alkanes of at least 4 members (excludes halogenated alkanes) is 27. The highest BCUT2D eigenvalue weighted by atomic mass is 16.6. The van der Waals surface area contributed by atoms with Crippen LogP contribution in [-0.2, 0) is 28.6 Å². The Morgan fingerprint density at radius 1 is 0.318 bits per heavy atom. The van der Waals surface area contributed by atoms with Crippen molar-refractivity contribution in [3.8, 4) is 0 Å². The standard InChI is InChI=1S/C60H104O6/c1-4-7-10-13-16-19-22-25-27-29-30-31-33-35-38-41-44-47-50-53-59(62)65-56-57(55-64-58(61)52-49-46-43-40-37-34-24-21-18-15-12-9-6-3)66-60(63)54-51-48-45-42-39-36-32-28-26-23-20-17-14-11-8-5-2/h7,10,16,19,25,27-28,30-32,35,38,57H,4-6,8-9,11-15,17-18,20-24,26,29,33-34,36-37,39-56H2,1-3H3/b10-7-,19-16-,27-25-,31-30-,32-28-,38-35-. The predicted octanol–water partition coefficient (Wildman–Crippen LogP) is 18.6. The van der Waals surface area contributed by atoms with Crippen LogP contribution in [0.15, 0.2) is 72.9 Å². The zero-order valence-corrected chi connectivity index (χ0v) is 43.4. The molecule has 0 aliphatic rings. The van der Waals surface area contributed by atoms with E-state index in [1.54, 1.807) is 0 Å². The summed E-state index contributed by atoms with van der Waals surface area (Å²) in [6, 6.07) is 0. The molecule has 0 N–H and O–H groups in total. The quantitative estimate of drug-likeness (QED) is 0.0262. The maximum atomic E-state index is 12.8. The SMILES string of the molecule is CC/C=C\C/C=C\C/C=C\C/C=C\C/C=C\CCCCCC(=O)OCC(COC(=O)CCCCCCCCCCCCCCC)OC(=O)CCCCCCC/C=C\CCCCCCCCC. The fourth-order valence-corrected chi connectivity index (χ4v) is 7.76. The molecule has 1 unspecified atom stereocenters. The number of allylic oxidation sites excluding steroid dienone is 12. The largest absolute Gasteiger partial charge is 0.462 e. The second-order valence-corrected chi connectivity index (χ2v) is 18.5. The molecule has 0 saturated carbocycles. The summed E-state index contributed by atoms with van der Waals surface area (Å²) < 4.78 is 16.8. The molecule has 0 bridgehead atoms. The van der Waals surface area contributed by atoms with Crippen LogP contribution in [-0.4, -0.2) is 37.2 Å². The van der Waals surface area contributed by atoms with E-state index < -0.39 is 6.10 Å². The summed E-state index contributed by atoms with van der Waals surface area (Å²) in [5, 5.41) is 0.